The Labute approximate surface area is 177 Å². The van der Waals surface area contributed by atoms with Crippen LogP contribution in [0.1, 0.15) is 17.7 Å². The lowest BCUT2D eigenvalue weighted by atomic mass is 10.1. The molecule has 1 unspecified atom stereocenters. The van der Waals surface area contributed by atoms with E-state index >= 15 is 0 Å². The minimum Gasteiger partial charge on any atom is -0.459 e. The van der Waals surface area contributed by atoms with Crippen molar-refractivity contribution in [1.82, 2.24) is 15.5 Å². The molecule has 1 aliphatic rings. The third-order valence-corrected chi connectivity index (χ3v) is 4.65. The van der Waals surface area contributed by atoms with Crippen LogP contribution in [0.2, 0.25) is 0 Å². The Hall–Kier alpha value is -1.56. The summed E-state index contributed by atoms with van der Waals surface area (Å²) in [6, 6.07) is 4.25. The van der Waals surface area contributed by atoms with Crippen molar-refractivity contribution in [3.8, 4) is 0 Å². The number of rotatable bonds is 4. The maximum Gasteiger partial charge on any atom is 0.401 e. The first-order valence-electron chi connectivity index (χ1n) is 8.69. The number of fused-ring (bicyclic) bond motifs is 1. The first-order chi connectivity index (χ1) is 12.7. The van der Waals surface area contributed by atoms with Crippen LogP contribution in [0.25, 0.3) is 11.0 Å². The monoisotopic (exact) mass is 514 g/mol. The fraction of sp³-hybridized carbons (Fsp3) is 0.500. The highest BCUT2D eigenvalue weighted by Gasteiger charge is 2.34. The van der Waals surface area contributed by atoms with Gasteiger partial charge >= 0.3 is 6.18 Å². The van der Waals surface area contributed by atoms with Crippen LogP contribution >= 0.6 is 24.0 Å². The number of hydrogen-bond acceptors (Lipinski definition) is 3. The van der Waals surface area contributed by atoms with Crippen molar-refractivity contribution in [1.29, 1.82) is 0 Å². The van der Waals surface area contributed by atoms with Gasteiger partial charge in [-0.2, -0.15) is 13.2 Å². The molecule has 2 heterocycles. The molecule has 1 aliphatic heterocycles. The molecule has 1 atom stereocenters. The van der Waals surface area contributed by atoms with Gasteiger partial charge in [0, 0.05) is 37.1 Å². The zero-order valence-electron chi connectivity index (χ0n) is 15.6. The molecule has 156 valence electrons. The molecule has 1 saturated heterocycles. The molecular weight excluding hydrogens is 491 g/mol. The second kappa shape index (κ2) is 9.29. The molecule has 10 heteroatoms. The van der Waals surface area contributed by atoms with Crippen molar-refractivity contribution in [2.45, 2.75) is 32.1 Å². The Morgan fingerprint density at radius 2 is 2.11 bits per heavy atom. The summed E-state index contributed by atoms with van der Waals surface area (Å²) >= 11 is 0. The van der Waals surface area contributed by atoms with Gasteiger partial charge in [-0.05, 0) is 31.5 Å². The Morgan fingerprint density at radius 1 is 1.36 bits per heavy atom. The molecule has 1 aromatic heterocycles. The highest BCUT2D eigenvalue weighted by atomic mass is 127. The molecule has 2 N–H and O–H groups in total. The van der Waals surface area contributed by atoms with Gasteiger partial charge < -0.3 is 15.1 Å². The lowest BCUT2D eigenvalue weighted by Gasteiger charge is -2.19. The van der Waals surface area contributed by atoms with E-state index in [9.17, 15) is 17.6 Å². The minimum atomic E-state index is -4.19. The van der Waals surface area contributed by atoms with Crippen molar-refractivity contribution >= 4 is 40.9 Å². The number of furan rings is 1. The van der Waals surface area contributed by atoms with E-state index in [1.165, 1.54) is 17.0 Å². The van der Waals surface area contributed by atoms with Gasteiger partial charge in [0.1, 0.15) is 17.2 Å². The van der Waals surface area contributed by atoms with Crippen molar-refractivity contribution in [2.75, 3.05) is 26.7 Å². The number of hydrogen-bond donors (Lipinski definition) is 2. The summed E-state index contributed by atoms with van der Waals surface area (Å²) in [6.07, 6.45) is -3.58. The summed E-state index contributed by atoms with van der Waals surface area (Å²) in [5.74, 6) is 0.816. The van der Waals surface area contributed by atoms with E-state index in [0.29, 0.717) is 48.7 Å². The molecule has 0 spiro atoms. The smallest absolute Gasteiger partial charge is 0.401 e. The highest BCUT2D eigenvalue weighted by Crippen LogP contribution is 2.26. The van der Waals surface area contributed by atoms with Gasteiger partial charge in [0.15, 0.2) is 5.96 Å². The van der Waals surface area contributed by atoms with Gasteiger partial charge in [-0.1, -0.05) is 0 Å². The lowest BCUT2D eigenvalue weighted by Crippen LogP contribution is -2.44. The average molecular weight is 514 g/mol. The number of nitrogens with zero attached hydrogens (tertiary/aromatic N) is 2. The predicted octanol–water partition coefficient (Wildman–Crippen LogP) is 3.80. The highest BCUT2D eigenvalue weighted by molar-refractivity contribution is 14.0. The van der Waals surface area contributed by atoms with E-state index in [1.807, 2.05) is 6.92 Å². The fourth-order valence-electron chi connectivity index (χ4n) is 3.31. The first kappa shape index (κ1) is 22.7. The lowest BCUT2D eigenvalue weighted by molar-refractivity contribution is -0.143. The SMILES string of the molecule is CN=C(NCc1oc2ccc(F)cc2c1C)NC1CCN(CC(F)(F)F)C1.I. The second-order valence-electron chi connectivity index (χ2n) is 6.70. The third-order valence-electron chi connectivity index (χ3n) is 4.65. The predicted molar refractivity (Wildman–Crippen MR) is 111 cm³/mol. The van der Waals surface area contributed by atoms with Gasteiger partial charge in [0.25, 0.3) is 0 Å². The fourth-order valence-corrected chi connectivity index (χ4v) is 3.31. The van der Waals surface area contributed by atoms with Crippen LogP contribution in [0.5, 0.6) is 0 Å². The maximum atomic E-state index is 13.4. The summed E-state index contributed by atoms with van der Waals surface area (Å²) in [6.45, 7) is 1.99. The minimum absolute atomic E-state index is 0. The van der Waals surface area contributed by atoms with Crippen LogP contribution in [0.15, 0.2) is 27.6 Å². The zero-order chi connectivity index (χ0) is 19.6. The van der Waals surface area contributed by atoms with Crippen LogP contribution in [0.4, 0.5) is 17.6 Å². The zero-order valence-corrected chi connectivity index (χ0v) is 17.9. The van der Waals surface area contributed by atoms with Crippen LogP contribution in [-0.2, 0) is 6.54 Å². The van der Waals surface area contributed by atoms with Crippen molar-refractivity contribution in [2.24, 2.45) is 4.99 Å². The number of aryl methyl sites for hydroxylation is 1. The van der Waals surface area contributed by atoms with Crippen LogP contribution in [0.3, 0.4) is 0 Å². The van der Waals surface area contributed by atoms with E-state index < -0.39 is 12.7 Å². The molecule has 0 bridgehead atoms. The third kappa shape index (κ3) is 5.72. The van der Waals surface area contributed by atoms with E-state index in [4.69, 9.17) is 4.42 Å². The van der Waals surface area contributed by atoms with Crippen molar-refractivity contribution < 1.29 is 22.0 Å². The summed E-state index contributed by atoms with van der Waals surface area (Å²) in [7, 11) is 1.60. The van der Waals surface area contributed by atoms with Gasteiger partial charge in [0.2, 0.25) is 0 Å². The molecule has 2 aromatic rings. The number of halogens is 5. The Morgan fingerprint density at radius 3 is 2.79 bits per heavy atom. The molecule has 5 nitrogen and oxygen atoms in total. The summed E-state index contributed by atoms with van der Waals surface area (Å²) < 4.78 is 56.6. The quantitative estimate of drug-likeness (QED) is 0.282. The topological polar surface area (TPSA) is 52.8 Å². The van der Waals surface area contributed by atoms with Gasteiger partial charge in [-0.25, -0.2) is 4.39 Å². The Bertz CT molecular complexity index is 837. The molecule has 0 saturated carbocycles. The second-order valence-corrected chi connectivity index (χ2v) is 6.70. The van der Waals surface area contributed by atoms with Crippen molar-refractivity contribution in [3.05, 3.63) is 35.3 Å². The largest absolute Gasteiger partial charge is 0.459 e. The Balaban J connectivity index is 0.00000280. The number of guanidine groups is 1. The normalized spacial score (nSPS) is 18.4. The molecule has 0 amide bonds. The van der Waals surface area contributed by atoms with E-state index in [-0.39, 0.29) is 35.8 Å². The first-order valence-corrected chi connectivity index (χ1v) is 8.69. The van der Waals surface area contributed by atoms with Crippen LogP contribution in [-0.4, -0.2) is 49.8 Å². The number of benzene rings is 1. The summed E-state index contributed by atoms with van der Waals surface area (Å²) in [5.41, 5.74) is 1.44. The van der Waals surface area contributed by atoms with E-state index in [2.05, 4.69) is 15.6 Å². The van der Waals surface area contributed by atoms with E-state index in [0.717, 1.165) is 5.56 Å². The average Bonchev–Trinajstić information content (AvgIpc) is 3.14. The van der Waals surface area contributed by atoms with Gasteiger partial charge in [-0.3, -0.25) is 9.89 Å². The molecule has 0 radical (unpaired) electrons. The number of alkyl halides is 3. The summed E-state index contributed by atoms with van der Waals surface area (Å²) in [4.78, 5) is 5.49. The molecule has 1 aromatic carbocycles. The van der Waals surface area contributed by atoms with Crippen LogP contribution < -0.4 is 10.6 Å². The summed E-state index contributed by atoms with van der Waals surface area (Å²) in [5, 5.41) is 6.96. The maximum absolute atomic E-state index is 13.4. The number of nitrogens with one attached hydrogen (secondary N) is 2. The molecule has 0 aliphatic carbocycles. The van der Waals surface area contributed by atoms with Gasteiger partial charge in [-0.15, -0.1) is 24.0 Å². The molecule has 1 fully saturated rings. The standard InChI is InChI=1S/C18H22F4N4O.HI/c1-11-14-7-12(19)3-4-15(14)27-16(11)8-24-17(23-2)25-13-5-6-26(9-13)10-18(20,21)22;/h3-4,7,13H,5-6,8-10H2,1-2H3,(H2,23,24,25);1H. The van der Waals surface area contributed by atoms with Crippen LogP contribution in [0, 0.1) is 12.7 Å². The number of likely N-dealkylation sites (tertiary alicyclic amines) is 1. The molecule has 3 rings (SSSR count). The van der Waals surface area contributed by atoms with Crippen molar-refractivity contribution in [3.63, 3.8) is 0 Å². The van der Waals surface area contributed by atoms with Gasteiger partial charge in [0.05, 0.1) is 13.1 Å². The van der Waals surface area contributed by atoms with E-state index in [1.54, 1.807) is 13.1 Å². The molecule has 28 heavy (non-hydrogen) atoms. The Kier molecular flexibility index (Phi) is 7.54. The molecular formula is C18H23F4IN4O. The number of aliphatic imine (C=N–C) groups is 1.